The van der Waals surface area contributed by atoms with Gasteiger partial charge in [0.25, 0.3) is 0 Å². The van der Waals surface area contributed by atoms with Gasteiger partial charge < -0.3 is 0 Å². The maximum Gasteiger partial charge on any atom is 0.192 e. The Hall–Kier alpha value is -1.92. The summed E-state index contributed by atoms with van der Waals surface area (Å²) in [5, 5.41) is 10.5. The van der Waals surface area contributed by atoms with Gasteiger partial charge in [0.1, 0.15) is 5.15 Å². The normalized spacial score (nSPS) is 15.3. The van der Waals surface area contributed by atoms with E-state index in [0.29, 0.717) is 11.2 Å². The second-order valence-corrected chi connectivity index (χ2v) is 7.82. The van der Waals surface area contributed by atoms with Gasteiger partial charge in [-0.15, -0.1) is 10.2 Å². The summed E-state index contributed by atoms with van der Waals surface area (Å²) in [5.41, 5.74) is 2.14. The van der Waals surface area contributed by atoms with Crippen LogP contribution >= 0.6 is 23.4 Å². The van der Waals surface area contributed by atoms with Gasteiger partial charge in [-0.05, 0) is 36.6 Å². The van der Waals surface area contributed by atoms with E-state index in [1.165, 1.54) is 32.1 Å². The van der Waals surface area contributed by atoms with E-state index in [0.717, 1.165) is 27.9 Å². The SMILES string of the molecule is Clc1ccc(CSc2nnc(-c3cccnc3)n2C2CCCCC2)cn1. The first kappa shape index (κ1) is 17.5. The van der Waals surface area contributed by atoms with Crippen molar-refractivity contribution in [2.75, 3.05) is 0 Å². The van der Waals surface area contributed by atoms with Crippen molar-refractivity contribution in [1.29, 1.82) is 0 Å². The quantitative estimate of drug-likeness (QED) is 0.447. The molecule has 1 aliphatic carbocycles. The van der Waals surface area contributed by atoms with Crippen LogP contribution in [0.5, 0.6) is 0 Å². The van der Waals surface area contributed by atoms with Gasteiger partial charge in [0.05, 0.1) is 0 Å². The molecule has 0 aromatic carbocycles. The number of pyridine rings is 2. The van der Waals surface area contributed by atoms with E-state index in [1.54, 1.807) is 18.0 Å². The van der Waals surface area contributed by atoms with Crippen LogP contribution in [0.2, 0.25) is 5.15 Å². The van der Waals surface area contributed by atoms with Crippen molar-refractivity contribution in [3.8, 4) is 11.4 Å². The molecule has 3 aromatic rings. The fourth-order valence-corrected chi connectivity index (χ4v) is 4.43. The summed E-state index contributed by atoms with van der Waals surface area (Å²) >= 11 is 7.58. The highest BCUT2D eigenvalue weighted by Gasteiger charge is 2.23. The lowest BCUT2D eigenvalue weighted by molar-refractivity contribution is 0.339. The summed E-state index contributed by atoms with van der Waals surface area (Å²) in [5.74, 6) is 1.71. The number of hydrogen-bond donors (Lipinski definition) is 0. The molecule has 0 N–H and O–H groups in total. The summed E-state index contributed by atoms with van der Waals surface area (Å²) < 4.78 is 2.32. The second-order valence-electron chi connectivity index (χ2n) is 6.49. The van der Waals surface area contributed by atoms with Crippen LogP contribution in [0.4, 0.5) is 0 Å². The third-order valence-corrected chi connectivity index (χ3v) is 5.92. The third kappa shape index (κ3) is 3.91. The Morgan fingerprint density at radius 1 is 1.08 bits per heavy atom. The predicted molar refractivity (Wildman–Crippen MR) is 104 cm³/mol. The summed E-state index contributed by atoms with van der Waals surface area (Å²) in [4.78, 5) is 8.41. The molecule has 0 amide bonds. The molecule has 0 bridgehead atoms. The second kappa shape index (κ2) is 8.18. The van der Waals surface area contributed by atoms with Crippen molar-refractivity contribution in [1.82, 2.24) is 24.7 Å². The molecule has 0 radical (unpaired) electrons. The molecule has 0 atom stereocenters. The largest absolute Gasteiger partial charge is 0.299 e. The van der Waals surface area contributed by atoms with Crippen molar-refractivity contribution in [3.05, 3.63) is 53.6 Å². The van der Waals surface area contributed by atoms with Crippen molar-refractivity contribution >= 4 is 23.4 Å². The summed E-state index contributed by atoms with van der Waals surface area (Å²) in [6.07, 6.45) is 11.7. The highest BCUT2D eigenvalue weighted by Crippen LogP contribution is 2.36. The van der Waals surface area contributed by atoms with Gasteiger partial charge >= 0.3 is 0 Å². The maximum absolute atomic E-state index is 5.88. The topological polar surface area (TPSA) is 56.5 Å². The monoisotopic (exact) mass is 385 g/mol. The first-order chi connectivity index (χ1) is 12.8. The van der Waals surface area contributed by atoms with Crippen LogP contribution in [0.15, 0.2) is 48.0 Å². The lowest BCUT2D eigenvalue weighted by Crippen LogP contribution is -2.15. The van der Waals surface area contributed by atoms with E-state index >= 15 is 0 Å². The molecule has 0 aliphatic heterocycles. The lowest BCUT2D eigenvalue weighted by atomic mass is 9.95. The molecule has 0 spiro atoms. The Morgan fingerprint density at radius 3 is 2.69 bits per heavy atom. The van der Waals surface area contributed by atoms with Crippen molar-refractivity contribution in [2.24, 2.45) is 0 Å². The number of halogens is 1. The van der Waals surface area contributed by atoms with Crippen molar-refractivity contribution in [2.45, 2.75) is 49.1 Å². The van der Waals surface area contributed by atoms with E-state index in [1.807, 2.05) is 36.7 Å². The Bertz CT molecular complexity index is 844. The minimum atomic E-state index is 0.458. The number of rotatable bonds is 5. The zero-order valence-corrected chi connectivity index (χ0v) is 16.0. The van der Waals surface area contributed by atoms with Crippen LogP contribution in [-0.4, -0.2) is 24.7 Å². The number of aromatic nitrogens is 5. The van der Waals surface area contributed by atoms with Gasteiger partial charge in [0.15, 0.2) is 11.0 Å². The minimum Gasteiger partial charge on any atom is -0.299 e. The fraction of sp³-hybridized carbons (Fsp3) is 0.368. The van der Waals surface area contributed by atoms with E-state index in [-0.39, 0.29) is 0 Å². The van der Waals surface area contributed by atoms with Crippen molar-refractivity contribution in [3.63, 3.8) is 0 Å². The predicted octanol–water partition coefficient (Wildman–Crippen LogP) is 5.19. The maximum atomic E-state index is 5.88. The molecule has 1 fully saturated rings. The fourth-order valence-electron chi connectivity index (χ4n) is 3.38. The molecular formula is C19H20ClN5S. The molecule has 7 heteroatoms. The highest BCUT2D eigenvalue weighted by atomic mass is 35.5. The number of hydrogen-bond acceptors (Lipinski definition) is 5. The molecule has 3 aromatic heterocycles. The first-order valence-corrected chi connectivity index (χ1v) is 10.3. The molecule has 0 unspecified atom stereocenters. The number of thioether (sulfide) groups is 1. The minimum absolute atomic E-state index is 0.458. The molecule has 26 heavy (non-hydrogen) atoms. The highest BCUT2D eigenvalue weighted by molar-refractivity contribution is 7.98. The van der Waals surface area contributed by atoms with Crippen LogP contribution in [-0.2, 0) is 5.75 Å². The molecule has 4 rings (SSSR count). The molecule has 1 aliphatic rings. The summed E-state index contributed by atoms with van der Waals surface area (Å²) in [6, 6.07) is 8.28. The van der Waals surface area contributed by atoms with Gasteiger partial charge in [-0.1, -0.05) is 48.7 Å². The van der Waals surface area contributed by atoms with E-state index in [2.05, 4.69) is 24.7 Å². The first-order valence-electron chi connectivity index (χ1n) is 8.90. The zero-order valence-electron chi connectivity index (χ0n) is 14.4. The molecular weight excluding hydrogens is 366 g/mol. The smallest absolute Gasteiger partial charge is 0.192 e. The molecule has 1 saturated carbocycles. The van der Waals surface area contributed by atoms with Crippen LogP contribution < -0.4 is 0 Å². The van der Waals surface area contributed by atoms with Crippen LogP contribution in [0, 0.1) is 0 Å². The van der Waals surface area contributed by atoms with E-state index in [4.69, 9.17) is 11.6 Å². The average Bonchev–Trinajstić information content (AvgIpc) is 3.13. The number of nitrogens with zero attached hydrogens (tertiary/aromatic N) is 5. The Kier molecular flexibility index (Phi) is 5.51. The Morgan fingerprint density at radius 2 is 1.96 bits per heavy atom. The molecule has 134 valence electrons. The Labute approximate surface area is 162 Å². The van der Waals surface area contributed by atoms with Crippen LogP contribution in [0.25, 0.3) is 11.4 Å². The van der Waals surface area contributed by atoms with Crippen molar-refractivity contribution < 1.29 is 0 Å². The van der Waals surface area contributed by atoms with Gasteiger partial charge in [-0.2, -0.15) is 0 Å². The molecule has 3 heterocycles. The van der Waals surface area contributed by atoms with Gasteiger partial charge in [0.2, 0.25) is 0 Å². The lowest BCUT2D eigenvalue weighted by Gasteiger charge is -2.25. The van der Waals surface area contributed by atoms with Crippen LogP contribution in [0.1, 0.15) is 43.7 Å². The molecule has 0 saturated heterocycles. The van der Waals surface area contributed by atoms with Crippen LogP contribution in [0.3, 0.4) is 0 Å². The average molecular weight is 386 g/mol. The van der Waals surface area contributed by atoms with Gasteiger partial charge in [-0.3, -0.25) is 9.55 Å². The van der Waals surface area contributed by atoms with E-state index < -0.39 is 0 Å². The molecule has 5 nitrogen and oxygen atoms in total. The zero-order chi connectivity index (χ0) is 17.8. The standard InChI is InChI=1S/C19H20ClN5S/c20-17-9-8-14(11-22-17)13-26-19-24-23-18(15-5-4-10-21-12-15)25(19)16-6-2-1-3-7-16/h4-5,8-12,16H,1-3,6-7,13H2. The van der Waals surface area contributed by atoms with Gasteiger partial charge in [0, 0.05) is 35.9 Å². The third-order valence-electron chi connectivity index (χ3n) is 4.68. The Balaban J connectivity index is 1.63. The summed E-state index contributed by atoms with van der Waals surface area (Å²) in [7, 11) is 0. The van der Waals surface area contributed by atoms with Gasteiger partial charge in [-0.25, -0.2) is 4.98 Å². The summed E-state index contributed by atoms with van der Waals surface area (Å²) in [6.45, 7) is 0. The van der Waals surface area contributed by atoms with E-state index in [9.17, 15) is 0 Å².